The molecule has 0 spiro atoms. The van der Waals surface area contributed by atoms with Crippen molar-refractivity contribution in [1.29, 1.82) is 0 Å². The zero-order valence-electron chi connectivity index (χ0n) is 22.8. The minimum atomic E-state index is -2.15. The number of hydrogen-bond acceptors (Lipinski definition) is 8. The topological polar surface area (TPSA) is 99.1 Å². The molecule has 6 rings (SSSR count). The molecule has 2 aliphatic heterocycles. The Morgan fingerprint density at radius 3 is 2.69 bits per heavy atom. The van der Waals surface area contributed by atoms with Gasteiger partial charge in [-0.1, -0.05) is 27.2 Å². The summed E-state index contributed by atoms with van der Waals surface area (Å²) in [6.45, 7) is 5.84. The number of aliphatic hydroxyl groups excluding tert-OH is 1. The summed E-state index contributed by atoms with van der Waals surface area (Å²) in [5.74, 6) is -2.13. The van der Waals surface area contributed by atoms with Crippen molar-refractivity contribution in [2.24, 2.45) is 22.7 Å². The van der Waals surface area contributed by atoms with Crippen molar-refractivity contribution in [1.82, 2.24) is 0 Å². The Hall–Kier alpha value is -1.36. The molecule has 0 aromatic heterocycles. The first-order valence-electron chi connectivity index (χ1n) is 14.3. The van der Waals surface area contributed by atoms with E-state index in [-0.39, 0.29) is 54.5 Å². The number of ether oxygens (including phenoxy) is 3. The van der Waals surface area contributed by atoms with Crippen LogP contribution in [0.1, 0.15) is 72.1 Å². The largest absolute Gasteiger partial charge is 0.465 e. The average molecular weight is 569 g/mol. The van der Waals surface area contributed by atoms with Crippen molar-refractivity contribution in [2.75, 3.05) is 12.4 Å². The van der Waals surface area contributed by atoms with Crippen LogP contribution in [0.2, 0.25) is 0 Å². The summed E-state index contributed by atoms with van der Waals surface area (Å²) in [6.07, 6.45) is -0.736. The minimum absolute atomic E-state index is 0.000754. The van der Waals surface area contributed by atoms with Crippen LogP contribution in [0.15, 0.2) is 11.6 Å². The number of hydrogen-bond donors (Lipinski definition) is 1. The molecule has 0 unspecified atom stereocenters. The van der Waals surface area contributed by atoms with Crippen LogP contribution in [-0.4, -0.2) is 76.2 Å². The molecule has 1 N–H and O–H groups in total. The third-order valence-corrected chi connectivity index (χ3v) is 12.3. The van der Waals surface area contributed by atoms with Crippen molar-refractivity contribution in [3.63, 3.8) is 0 Å². The van der Waals surface area contributed by atoms with Gasteiger partial charge in [0.1, 0.15) is 17.1 Å². The number of allylic oxidation sites excluding steroid dienone is 1. The maximum absolute atomic E-state index is 17.5. The average Bonchev–Trinajstić information content (AvgIpc) is 3.53. The van der Waals surface area contributed by atoms with Crippen molar-refractivity contribution in [3.05, 3.63) is 11.6 Å². The van der Waals surface area contributed by atoms with Crippen LogP contribution in [0, 0.1) is 22.7 Å². The predicted octanol–water partition coefficient (Wildman–Crippen LogP) is 4.04. The second-order valence-corrected chi connectivity index (χ2v) is 14.0. The Labute approximate surface area is 231 Å². The highest BCUT2D eigenvalue weighted by molar-refractivity contribution is 8.01. The zero-order valence-corrected chi connectivity index (χ0v) is 23.6. The molecule has 2 heterocycles. The number of aliphatic hydroxyl groups is 1. The van der Waals surface area contributed by atoms with Gasteiger partial charge in [-0.05, 0) is 49.7 Å². The fraction of sp³-hybridized carbons (Fsp3) is 0.828. The maximum Gasteiger partial charge on any atom is 0.319 e. The normalized spacial score (nSPS) is 50.5. The van der Waals surface area contributed by atoms with Gasteiger partial charge in [0, 0.05) is 29.6 Å². The van der Waals surface area contributed by atoms with Gasteiger partial charge in [0.15, 0.2) is 23.5 Å². The zero-order chi connectivity index (χ0) is 28.0. The quantitative estimate of drug-likeness (QED) is 0.480. The summed E-state index contributed by atoms with van der Waals surface area (Å²) in [7, 11) is 0. The summed E-state index contributed by atoms with van der Waals surface area (Å²) < 4.78 is 51.2. The fourth-order valence-corrected chi connectivity index (χ4v) is 10.2. The fourth-order valence-electron chi connectivity index (χ4n) is 9.15. The molecule has 0 amide bonds. The highest BCUT2D eigenvalue weighted by Crippen LogP contribution is 2.72. The lowest BCUT2D eigenvalue weighted by Crippen LogP contribution is -2.71. The Balaban J connectivity index is 1.38. The predicted molar refractivity (Wildman–Crippen MR) is 138 cm³/mol. The first-order valence-corrected chi connectivity index (χ1v) is 15.4. The van der Waals surface area contributed by atoms with E-state index in [4.69, 9.17) is 14.2 Å². The smallest absolute Gasteiger partial charge is 0.319 e. The van der Waals surface area contributed by atoms with Crippen LogP contribution in [0.25, 0.3) is 0 Å². The van der Waals surface area contributed by atoms with E-state index < -0.39 is 63.9 Å². The monoisotopic (exact) mass is 568 g/mol. The number of Topliss-reactive ketones (excluding diaryl/α,β-unsaturated/α-hetero) is 1. The molecule has 2 saturated heterocycles. The number of carbonyl (C=O) groups is 3. The SMILES string of the molecule is CCC[C@@H]1O[C@@H]2C[C@H]3[C@@H]4C[C@H](F)C5=CC(=O)CC[C@]5(C)[C@@]4(F)[C@@H](O)C[C@]3(C)[C@]2(C(=O)CS[C@H]2CCOC2=O)O1. The molecule has 7 nitrogen and oxygen atoms in total. The number of halogens is 2. The van der Waals surface area contributed by atoms with Crippen LogP contribution in [-0.2, 0) is 28.6 Å². The number of alkyl halides is 2. The van der Waals surface area contributed by atoms with Gasteiger partial charge in [0.05, 0.1) is 24.6 Å². The number of fused-ring (bicyclic) bond motifs is 7. The molecule has 6 aliphatic rings. The number of carbonyl (C=O) groups excluding carboxylic acids is 3. The van der Waals surface area contributed by atoms with Crippen LogP contribution in [0.5, 0.6) is 0 Å². The van der Waals surface area contributed by atoms with E-state index >= 15 is 8.78 Å². The van der Waals surface area contributed by atoms with Gasteiger partial charge in [-0.2, -0.15) is 0 Å². The molecule has 5 fully saturated rings. The number of esters is 1. The Bertz CT molecular complexity index is 1120. The lowest BCUT2D eigenvalue weighted by molar-refractivity contribution is -0.241. The molecule has 0 aromatic carbocycles. The van der Waals surface area contributed by atoms with E-state index in [1.807, 2.05) is 13.8 Å². The van der Waals surface area contributed by atoms with Crippen LogP contribution in [0.4, 0.5) is 8.78 Å². The van der Waals surface area contributed by atoms with Gasteiger partial charge < -0.3 is 19.3 Å². The van der Waals surface area contributed by atoms with Gasteiger partial charge in [-0.3, -0.25) is 14.4 Å². The number of rotatable bonds is 6. The van der Waals surface area contributed by atoms with E-state index in [2.05, 4.69) is 0 Å². The van der Waals surface area contributed by atoms with E-state index in [0.29, 0.717) is 25.9 Å². The molecular weight excluding hydrogens is 530 g/mol. The van der Waals surface area contributed by atoms with Gasteiger partial charge in [-0.25, -0.2) is 8.78 Å². The molecule has 0 aromatic rings. The van der Waals surface area contributed by atoms with Gasteiger partial charge >= 0.3 is 5.97 Å². The highest BCUT2D eigenvalue weighted by Gasteiger charge is 2.80. The lowest BCUT2D eigenvalue weighted by atomic mass is 9.43. The molecule has 39 heavy (non-hydrogen) atoms. The second-order valence-electron chi connectivity index (χ2n) is 12.8. The molecular formula is C29H38F2O7S. The lowest BCUT2D eigenvalue weighted by Gasteiger charge is -2.64. The summed E-state index contributed by atoms with van der Waals surface area (Å²) in [5.41, 5.74) is -5.75. The van der Waals surface area contributed by atoms with Gasteiger partial charge in [-0.15, -0.1) is 11.8 Å². The Morgan fingerprint density at radius 1 is 1.23 bits per heavy atom. The molecule has 216 valence electrons. The molecule has 0 radical (unpaired) electrons. The third kappa shape index (κ3) is 3.59. The number of thioether (sulfide) groups is 1. The number of cyclic esters (lactones) is 1. The van der Waals surface area contributed by atoms with Crippen molar-refractivity contribution in [2.45, 2.75) is 113 Å². The molecule has 3 saturated carbocycles. The maximum atomic E-state index is 17.5. The highest BCUT2D eigenvalue weighted by atomic mass is 32.2. The molecule has 0 bridgehead atoms. The van der Waals surface area contributed by atoms with E-state index in [1.165, 1.54) is 17.8 Å². The molecule has 4 aliphatic carbocycles. The third-order valence-electron chi connectivity index (χ3n) is 11.1. The Morgan fingerprint density at radius 2 is 2.00 bits per heavy atom. The molecule has 10 heteroatoms. The minimum Gasteiger partial charge on any atom is -0.465 e. The summed E-state index contributed by atoms with van der Waals surface area (Å²) >= 11 is 1.23. The van der Waals surface area contributed by atoms with Crippen molar-refractivity contribution >= 4 is 29.3 Å². The second kappa shape index (κ2) is 9.33. The van der Waals surface area contributed by atoms with E-state index in [1.54, 1.807) is 6.92 Å². The van der Waals surface area contributed by atoms with Crippen LogP contribution in [0.3, 0.4) is 0 Å². The Kier molecular flexibility index (Phi) is 6.65. The summed E-state index contributed by atoms with van der Waals surface area (Å²) in [5, 5.41) is 11.2. The van der Waals surface area contributed by atoms with Crippen molar-refractivity contribution < 1.29 is 42.5 Å². The first kappa shape index (κ1) is 27.8. The van der Waals surface area contributed by atoms with Crippen LogP contribution < -0.4 is 0 Å². The van der Waals surface area contributed by atoms with Crippen molar-refractivity contribution in [3.8, 4) is 0 Å². The first-order chi connectivity index (χ1) is 18.4. The number of ketones is 2. The summed E-state index contributed by atoms with van der Waals surface area (Å²) in [6, 6.07) is 0. The van der Waals surface area contributed by atoms with E-state index in [9.17, 15) is 19.5 Å². The van der Waals surface area contributed by atoms with Gasteiger partial charge in [0.25, 0.3) is 0 Å². The molecule has 11 atom stereocenters. The summed E-state index contributed by atoms with van der Waals surface area (Å²) in [4.78, 5) is 38.4. The van der Waals surface area contributed by atoms with Gasteiger partial charge in [0.2, 0.25) is 0 Å². The standard InChI is InChI=1S/C29H38F2O7S/c1-4-5-24-37-23-12-16-17-11-19(30)18-10-15(32)6-8-26(18,2)28(17,31)21(33)13-27(16,3)29(23,38-24)22(34)14-39-20-7-9-36-25(20)35/h10,16-17,19-21,23-24,33H,4-9,11-14H2,1-3H3/t16-,17-,19-,20-,21-,23+,24+,26-,27-,28-,29+/m0/s1. The van der Waals surface area contributed by atoms with E-state index in [0.717, 1.165) is 6.42 Å². The van der Waals surface area contributed by atoms with Crippen LogP contribution >= 0.6 is 11.8 Å².